The number of nitrogens with zero attached hydrogens (tertiary/aromatic N) is 2. The van der Waals surface area contributed by atoms with Crippen molar-refractivity contribution in [1.82, 2.24) is 9.13 Å². The second-order valence-corrected chi connectivity index (χ2v) is 16.3. The first-order chi connectivity index (χ1) is 31.2. The maximum Gasteiger partial charge on any atom is 2.00 e. The Morgan fingerprint density at radius 1 is 0.344 bits per heavy atom. The third kappa shape index (κ3) is 6.17. The maximum absolute atomic E-state index is 6.39. The Kier molecular flexibility index (Phi) is 9.27. The minimum Gasteiger partial charge on any atom is -0.455 e. The molecule has 0 aliphatic carbocycles. The fourth-order valence-corrected chi connectivity index (χ4v) is 9.77. The first-order valence-electron chi connectivity index (χ1n) is 21.4. The molecule has 4 heteroatoms. The molecule has 13 aromatic rings. The third-order valence-electron chi connectivity index (χ3n) is 12.8. The number of hydrogen-bond donors (Lipinski definition) is 0. The van der Waals surface area contributed by atoms with Crippen molar-refractivity contribution in [2.24, 2.45) is 0 Å². The summed E-state index contributed by atoms with van der Waals surface area (Å²) in [6.45, 7) is 0. The second-order valence-electron chi connectivity index (χ2n) is 16.3. The van der Waals surface area contributed by atoms with Gasteiger partial charge >= 0.3 is 31.1 Å². The molecule has 0 saturated carbocycles. The van der Waals surface area contributed by atoms with E-state index in [0.717, 1.165) is 66.7 Å². The summed E-state index contributed by atoms with van der Waals surface area (Å²) in [7, 11) is 0. The maximum atomic E-state index is 6.39. The predicted octanol–water partition coefficient (Wildman–Crippen LogP) is 16.0. The molecular weight excluding hydrogens is 1000 g/mol. The van der Waals surface area contributed by atoms with E-state index in [1.165, 1.54) is 54.7 Å². The normalized spacial score (nSPS) is 11.6. The number of fused-ring (bicyclic) bond motifs is 9. The van der Waals surface area contributed by atoms with Gasteiger partial charge in [-0.15, -0.1) is 23.8 Å². The Bertz CT molecular complexity index is 3890. The van der Waals surface area contributed by atoms with E-state index >= 15 is 0 Å². The van der Waals surface area contributed by atoms with Crippen molar-refractivity contribution >= 4 is 65.6 Å². The largest absolute Gasteiger partial charge is 2.00 e. The molecule has 10 aromatic carbocycles. The van der Waals surface area contributed by atoms with Crippen molar-refractivity contribution in [3.8, 4) is 55.9 Å². The van der Waals surface area contributed by atoms with E-state index in [4.69, 9.17) is 4.42 Å². The molecule has 296 valence electrons. The first kappa shape index (κ1) is 38.3. The van der Waals surface area contributed by atoms with E-state index in [2.05, 4.69) is 209 Å². The fraction of sp³-hybridized carbons (Fsp3) is 0. The summed E-state index contributed by atoms with van der Waals surface area (Å²) in [4.78, 5) is 0. The number of hydrogen-bond acceptors (Lipinski definition) is 1. The standard InChI is InChI=1S/C60H36N2O.U/c1-2-12-39(13-3-1)42-14-10-15-43(36-42)40-24-30-46(31-25-40)61-55-21-7-4-16-49(55)53-37-44(28-34-57(53)61)45-29-35-58-54(38-45)50-17-5-8-22-56(50)62(58)47-32-26-41(27-33-47)48-19-11-20-52-51-18-6-9-23-59(51)63-60(48)52;/h1-12,14-35,37-38H;/q-2;+2. The van der Waals surface area contributed by atoms with Crippen LogP contribution < -0.4 is 0 Å². The minimum absolute atomic E-state index is 0. The molecule has 0 aliphatic rings. The topological polar surface area (TPSA) is 23.0 Å². The van der Waals surface area contributed by atoms with Gasteiger partial charge in [0.1, 0.15) is 11.2 Å². The minimum atomic E-state index is 0. The number of furan rings is 1. The van der Waals surface area contributed by atoms with Crippen LogP contribution in [0.5, 0.6) is 0 Å². The van der Waals surface area contributed by atoms with Gasteiger partial charge in [0.15, 0.2) is 0 Å². The molecule has 0 bridgehead atoms. The average Bonchev–Trinajstić information content (AvgIpc) is 4.02. The van der Waals surface area contributed by atoms with E-state index < -0.39 is 0 Å². The van der Waals surface area contributed by atoms with Crippen LogP contribution in [0, 0.1) is 43.2 Å². The molecule has 64 heavy (non-hydrogen) atoms. The molecule has 3 nitrogen and oxygen atoms in total. The van der Waals surface area contributed by atoms with Crippen molar-refractivity contribution < 1.29 is 35.5 Å². The molecule has 0 radical (unpaired) electrons. The van der Waals surface area contributed by atoms with E-state index in [-0.39, 0.29) is 31.1 Å². The van der Waals surface area contributed by atoms with Gasteiger partial charge in [-0.05, 0) is 83.4 Å². The van der Waals surface area contributed by atoms with Gasteiger partial charge < -0.3 is 13.6 Å². The third-order valence-corrected chi connectivity index (χ3v) is 12.8. The van der Waals surface area contributed by atoms with Gasteiger partial charge in [-0.25, -0.2) is 5.56 Å². The summed E-state index contributed by atoms with van der Waals surface area (Å²) in [6, 6.07) is 85.1. The predicted molar refractivity (Wildman–Crippen MR) is 262 cm³/mol. The van der Waals surface area contributed by atoms with E-state index in [9.17, 15) is 0 Å². The zero-order valence-corrected chi connectivity index (χ0v) is 38.8. The molecular formula is C60H36N2OU. The number of rotatable bonds is 6. The van der Waals surface area contributed by atoms with Crippen LogP contribution in [0.2, 0.25) is 0 Å². The van der Waals surface area contributed by atoms with Gasteiger partial charge in [0.2, 0.25) is 0 Å². The average molecular weight is 1040 g/mol. The second kappa shape index (κ2) is 15.5. The van der Waals surface area contributed by atoms with Gasteiger partial charge in [-0.3, -0.25) is 0 Å². The monoisotopic (exact) mass is 1040 g/mol. The van der Waals surface area contributed by atoms with Crippen LogP contribution in [-0.2, 0) is 0 Å². The van der Waals surface area contributed by atoms with Crippen LogP contribution in [-0.4, -0.2) is 9.13 Å². The zero-order chi connectivity index (χ0) is 41.4. The Labute approximate surface area is 393 Å². The van der Waals surface area contributed by atoms with Crippen LogP contribution in [0.3, 0.4) is 0 Å². The summed E-state index contributed by atoms with van der Waals surface area (Å²) in [5, 5.41) is 7.20. The summed E-state index contributed by atoms with van der Waals surface area (Å²) in [6.07, 6.45) is 0. The SMILES string of the molecule is [U+2].[c-]1ccccc1-c1[c-]c(-c2ccc(-n3c4ccccc4c4cc(-c5ccc6c(c5)c5ccccc5n6-c5ccc(-c6cccc7c6oc6ccccc67)cc5)ccc43)cc2)ccc1. The Hall–Kier alpha value is -7.35. The fourth-order valence-electron chi connectivity index (χ4n) is 9.77. The van der Waals surface area contributed by atoms with Crippen molar-refractivity contribution in [3.63, 3.8) is 0 Å². The number of aromatic nitrogens is 2. The Morgan fingerprint density at radius 3 is 1.48 bits per heavy atom. The van der Waals surface area contributed by atoms with Gasteiger partial charge in [0.05, 0.1) is 22.1 Å². The summed E-state index contributed by atoms with van der Waals surface area (Å²) < 4.78 is 11.2. The number of benzene rings is 10. The molecule has 0 atom stereocenters. The molecule has 0 fully saturated rings. The summed E-state index contributed by atoms with van der Waals surface area (Å²) in [5.74, 6) is 0. The molecule has 3 heterocycles. The molecule has 3 aromatic heterocycles. The van der Waals surface area contributed by atoms with E-state index in [1.54, 1.807) is 0 Å². The summed E-state index contributed by atoms with van der Waals surface area (Å²) in [5.41, 5.74) is 17.7. The van der Waals surface area contributed by atoms with Crippen LogP contribution in [0.1, 0.15) is 0 Å². The van der Waals surface area contributed by atoms with Gasteiger partial charge in [-0.1, -0.05) is 115 Å². The van der Waals surface area contributed by atoms with Gasteiger partial charge in [0, 0.05) is 49.3 Å². The molecule has 0 amide bonds. The van der Waals surface area contributed by atoms with Crippen LogP contribution in [0.25, 0.3) is 121 Å². The van der Waals surface area contributed by atoms with Crippen molar-refractivity contribution in [3.05, 3.63) is 231 Å². The quantitative estimate of drug-likeness (QED) is 0.152. The van der Waals surface area contributed by atoms with Crippen LogP contribution >= 0.6 is 0 Å². The Balaban J connectivity index is 0.00000433. The van der Waals surface area contributed by atoms with Crippen molar-refractivity contribution in [1.29, 1.82) is 0 Å². The van der Waals surface area contributed by atoms with Crippen LogP contribution in [0.4, 0.5) is 0 Å². The number of para-hydroxylation sites is 4. The van der Waals surface area contributed by atoms with Crippen molar-refractivity contribution in [2.45, 2.75) is 0 Å². The molecule has 0 N–H and O–H groups in total. The molecule has 0 spiro atoms. The smallest absolute Gasteiger partial charge is 0.455 e. The van der Waals surface area contributed by atoms with Crippen LogP contribution in [0.15, 0.2) is 223 Å². The van der Waals surface area contributed by atoms with E-state index in [1.807, 2.05) is 30.3 Å². The summed E-state index contributed by atoms with van der Waals surface area (Å²) >= 11 is 0. The first-order valence-corrected chi connectivity index (χ1v) is 21.4. The van der Waals surface area contributed by atoms with Crippen molar-refractivity contribution in [2.75, 3.05) is 0 Å². The van der Waals surface area contributed by atoms with Gasteiger partial charge in [-0.2, -0.15) is 42.0 Å². The Morgan fingerprint density at radius 2 is 0.844 bits per heavy atom. The van der Waals surface area contributed by atoms with Gasteiger partial charge in [0.25, 0.3) is 0 Å². The van der Waals surface area contributed by atoms with E-state index in [0.29, 0.717) is 0 Å². The molecule has 0 unspecified atom stereocenters. The molecule has 0 aliphatic heterocycles. The zero-order valence-electron chi connectivity index (χ0n) is 34.6. The molecule has 13 rings (SSSR count). The molecule has 0 saturated heterocycles.